The summed E-state index contributed by atoms with van der Waals surface area (Å²) in [6.07, 6.45) is 1.63. The molecule has 0 spiro atoms. The van der Waals surface area contributed by atoms with Crippen LogP contribution in [0.1, 0.15) is 0 Å². The summed E-state index contributed by atoms with van der Waals surface area (Å²) in [4.78, 5) is 7.96. The second-order valence-corrected chi connectivity index (χ2v) is 3.04. The Morgan fingerprint density at radius 2 is 2.45 bits per heavy atom. The van der Waals surface area contributed by atoms with Crippen LogP contribution < -0.4 is 8.27 Å². The number of nitrogens with zero attached hydrogens (tertiary/aromatic N) is 2. The second kappa shape index (κ2) is 4.05. The van der Waals surface area contributed by atoms with Crippen LogP contribution in [0, 0.1) is 0 Å². The number of rotatable bonds is 2. The largest absolute Gasteiger partial charge is 0.480 e. The minimum atomic E-state index is 0.527. The molecule has 1 heterocycles. The van der Waals surface area contributed by atoms with Crippen LogP contribution in [0.15, 0.2) is 10.7 Å². The van der Waals surface area contributed by atoms with Gasteiger partial charge >= 0.3 is 0 Å². The molecule has 1 aromatic heterocycles. The van der Waals surface area contributed by atoms with Crippen molar-refractivity contribution in [2.75, 3.05) is 10.6 Å². The zero-order valence-corrected chi connectivity index (χ0v) is 9.38. The summed E-state index contributed by atoms with van der Waals surface area (Å²) in [6, 6.07) is 0. The molecule has 6 heteroatoms. The maximum atomic E-state index is 4.95. The van der Waals surface area contributed by atoms with Gasteiger partial charge in [-0.25, -0.2) is 4.98 Å². The Morgan fingerprint density at radius 3 is 3.00 bits per heavy atom. The number of methoxy groups -OCH3 is 1. The van der Waals surface area contributed by atoms with Gasteiger partial charge in [0.25, 0.3) is 0 Å². The lowest BCUT2D eigenvalue weighted by Gasteiger charge is -2.01. The molecule has 0 fully saturated rings. The Kier molecular flexibility index (Phi) is 3.31. The van der Waals surface area contributed by atoms with Crippen LogP contribution in [0.3, 0.4) is 0 Å². The summed E-state index contributed by atoms with van der Waals surface area (Å²) in [5, 5.41) is 0. The minimum Gasteiger partial charge on any atom is -0.480 e. The number of anilines is 1. The summed E-state index contributed by atoms with van der Waals surface area (Å²) in [7, 11) is 1.56. The van der Waals surface area contributed by atoms with Gasteiger partial charge in [0, 0.05) is 0 Å². The van der Waals surface area contributed by atoms with Crippen LogP contribution in [-0.2, 0) is 0 Å². The topological polar surface area (TPSA) is 47.0 Å². The standard InChI is InChI=1S/C5H5BrIN3O/c1-11-4-3(6)2-8-5(9-4)10-7/h2H,1H3,(H,8,9,10). The van der Waals surface area contributed by atoms with Gasteiger partial charge in [0.15, 0.2) is 0 Å². The third-order valence-electron chi connectivity index (χ3n) is 0.990. The third kappa shape index (κ3) is 2.16. The number of ether oxygens (including phenoxy) is 1. The van der Waals surface area contributed by atoms with E-state index in [-0.39, 0.29) is 0 Å². The average Bonchev–Trinajstić information content (AvgIpc) is 2.05. The van der Waals surface area contributed by atoms with Crippen molar-refractivity contribution in [2.45, 2.75) is 0 Å². The molecule has 0 atom stereocenters. The van der Waals surface area contributed by atoms with E-state index in [0.717, 1.165) is 4.47 Å². The summed E-state index contributed by atoms with van der Waals surface area (Å²) in [6.45, 7) is 0. The molecule has 0 saturated carbocycles. The van der Waals surface area contributed by atoms with Crippen molar-refractivity contribution >= 4 is 44.7 Å². The van der Waals surface area contributed by atoms with Crippen LogP contribution >= 0.6 is 38.8 Å². The smallest absolute Gasteiger partial charge is 0.234 e. The van der Waals surface area contributed by atoms with Crippen LogP contribution in [0.5, 0.6) is 5.88 Å². The molecule has 0 amide bonds. The quantitative estimate of drug-likeness (QED) is 0.666. The highest BCUT2D eigenvalue weighted by atomic mass is 127. The number of hydrogen-bond donors (Lipinski definition) is 1. The predicted octanol–water partition coefficient (Wildman–Crippen LogP) is 2.01. The molecular weight excluding hydrogens is 325 g/mol. The Hall–Kier alpha value is -0.110. The van der Waals surface area contributed by atoms with Gasteiger partial charge in [0.2, 0.25) is 11.8 Å². The number of nitrogens with one attached hydrogen (secondary N) is 1. The van der Waals surface area contributed by atoms with E-state index in [1.807, 2.05) is 22.9 Å². The summed E-state index contributed by atoms with van der Waals surface area (Å²) >= 11 is 5.19. The Bertz CT molecular complexity index is 257. The minimum absolute atomic E-state index is 0.527. The molecule has 0 aromatic carbocycles. The van der Waals surface area contributed by atoms with Crippen LogP contribution in [0.25, 0.3) is 0 Å². The van der Waals surface area contributed by atoms with Gasteiger partial charge in [0.1, 0.15) is 0 Å². The molecule has 0 bridgehead atoms. The Morgan fingerprint density at radius 1 is 1.73 bits per heavy atom. The van der Waals surface area contributed by atoms with E-state index < -0.39 is 0 Å². The molecule has 0 aliphatic rings. The molecule has 1 rings (SSSR count). The molecule has 1 N–H and O–H groups in total. The van der Waals surface area contributed by atoms with Crippen molar-refractivity contribution < 1.29 is 4.74 Å². The number of halogens is 2. The molecule has 0 radical (unpaired) electrons. The van der Waals surface area contributed by atoms with Crippen molar-refractivity contribution in [1.29, 1.82) is 0 Å². The number of hydrogen-bond acceptors (Lipinski definition) is 4. The van der Waals surface area contributed by atoms with Crippen molar-refractivity contribution in [2.24, 2.45) is 0 Å². The maximum absolute atomic E-state index is 4.95. The molecule has 1 aromatic rings. The van der Waals surface area contributed by atoms with Gasteiger partial charge in [-0.05, 0) is 15.9 Å². The van der Waals surface area contributed by atoms with Crippen molar-refractivity contribution in [3.8, 4) is 5.88 Å². The fraction of sp³-hybridized carbons (Fsp3) is 0.200. The highest BCUT2D eigenvalue weighted by Gasteiger charge is 2.02. The molecule has 4 nitrogen and oxygen atoms in total. The van der Waals surface area contributed by atoms with Gasteiger partial charge in [-0.2, -0.15) is 4.98 Å². The summed E-state index contributed by atoms with van der Waals surface area (Å²) < 4.78 is 8.47. The normalized spacial score (nSPS) is 9.36. The lowest BCUT2D eigenvalue weighted by atomic mass is 10.6. The Labute approximate surface area is 86.4 Å². The monoisotopic (exact) mass is 329 g/mol. The van der Waals surface area contributed by atoms with Gasteiger partial charge < -0.3 is 4.74 Å². The van der Waals surface area contributed by atoms with E-state index in [1.54, 1.807) is 13.3 Å². The molecule has 0 unspecified atom stereocenters. The first kappa shape index (κ1) is 8.98. The van der Waals surface area contributed by atoms with E-state index in [9.17, 15) is 0 Å². The molecule has 60 valence electrons. The molecule has 11 heavy (non-hydrogen) atoms. The van der Waals surface area contributed by atoms with E-state index in [0.29, 0.717) is 11.8 Å². The second-order valence-electron chi connectivity index (χ2n) is 1.65. The zero-order chi connectivity index (χ0) is 8.27. The van der Waals surface area contributed by atoms with Crippen molar-refractivity contribution in [3.05, 3.63) is 10.7 Å². The first-order chi connectivity index (χ1) is 5.27. The van der Waals surface area contributed by atoms with Gasteiger partial charge in [-0.3, -0.25) is 3.53 Å². The van der Waals surface area contributed by atoms with E-state index >= 15 is 0 Å². The van der Waals surface area contributed by atoms with E-state index in [2.05, 4.69) is 29.4 Å². The highest BCUT2D eigenvalue weighted by molar-refractivity contribution is 14.1. The van der Waals surface area contributed by atoms with Crippen LogP contribution in [-0.4, -0.2) is 17.1 Å². The summed E-state index contributed by atoms with van der Waals surface area (Å²) in [5.74, 6) is 1.06. The highest BCUT2D eigenvalue weighted by Crippen LogP contribution is 2.21. The van der Waals surface area contributed by atoms with Crippen molar-refractivity contribution in [1.82, 2.24) is 9.97 Å². The first-order valence-electron chi connectivity index (χ1n) is 2.71. The molecule has 0 saturated heterocycles. The predicted molar refractivity (Wildman–Crippen MR) is 53.9 cm³/mol. The van der Waals surface area contributed by atoms with Gasteiger partial charge in [-0.1, -0.05) is 0 Å². The zero-order valence-electron chi connectivity index (χ0n) is 5.64. The molecule has 0 aliphatic heterocycles. The fourth-order valence-electron chi connectivity index (χ4n) is 0.540. The van der Waals surface area contributed by atoms with Crippen LogP contribution in [0.4, 0.5) is 5.95 Å². The van der Waals surface area contributed by atoms with E-state index in [4.69, 9.17) is 4.74 Å². The molecule has 0 aliphatic carbocycles. The summed E-state index contributed by atoms with van der Waals surface area (Å²) in [5.41, 5.74) is 0. The van der Waals surface area contributed by atoms with Gasteiger partial charge in [0.05, 0.1) is 40.6 Å². The average molecular weight is 330 g/mol. The van der Waals surface area contributed by atoms with E-state index in [1.165, 1.54) is 0 Å². The molecular formula is C5H5BrIN3O. The lowest BCUT2D eigenvalue weighted by Crippen LogP contribution is -1.94. The maximum Gasteiger partial charge on any atom is 0.234 e. The first-order valence-corrected chi connectivity index (χ1v) is 4.58. The SMILES string of the molecule is COc1nc(NI)ncc1Br. The van der Waals surface area contributed by atoms with Gasteiger partial charge in [-0.15, -0.1) is 0 Å². The van der Waals surface area contributed by atoms with Crippen molar-refractivity contribution in [3.63, 3.8) is 0 Å². The Balaban J connectivity index is 3.02. The third-order valence-corrected chi connectivity index (χ3v) is 2.02. The lowest BCUT2D eigenvalue weighted by molar-refractivity contribution is 0.395. The van der Waals surface area contributed by atoms with Crippen LogP contribution in [0.2, 0.25) is 0 Å². The fourth-order valence-corrected chi connectivity index (χ4v) is 1.15. The number of aromatic nitrogens is 2.